The summed E-state index contributed by atoms with van der Waals surface area (Å²) in [5, 5.41) is 32.4. The predicted octanol–water partition coefficient (Wildman–Crippen LogP) is 3.64. The van der Waals surface area contributed by atoms with Crippen molar-refractivity contribution in [3.8, 4) is 0 Å². The summed E-state index contributed by atoms with van der Waals surface area (Å²) < 4.78 is 11.0. The van der Waals surface area contributed by atoms with E-state index in [1.54, 1.807) is 11.9 Å². The number of likely N-dealkylation sites (N-methyl/N-ethyl adjacent to an activating group) is 2. The van der Waals surface area contributed by atoms with E-state index in [1.807, 2.05) is 14.1 Å². The smallest absolute Gasteiger partial charge is 0.456 e. The molecule has 54 heavy (non-hydrogen) atoms. The molecule has 3 amide bonds. The number of aliphatic hydroxyl groups excluding tert-OH is 1. The number of nitrogens with zero attached hydrogens (tertiary/aromatic N) is 6. The van der Waals surface area contributed by atoms with Crippen molar-refractivity contribution in [2.45, 2.75) is 75.3 Å². The summed E-state index contributed by atoms with van der Waals surface area (Å²) in [6.45, 7) is 2.21. The van der Waals surface area contributed by atoms with Gasteiger partial charge in [0.15, 0.2) is 6.04 Å². The Kier molecular flexibility index (Phi) is 11.1. The number of nitro benzene ring substituents is 2. The minimum atomic E-state index is -1.07. The van der Waals surface area contributed by atoms with Crippen LogP contribution in [0.5, 0.6) is 0 Å². The molecule has 0 spiro atoms. The third kappa shape index (κ3) is 7.69. The summed E-state index contributed by atoms with van der Waals surface area (Å²) in [5.74, 6) is -1.12. The van der Waals surface area contributed by atoms with Gasteiger partial charge in [-0.25, -0.2) is 9.28 Å². The lowest BCUT2D eigenvalue weighted by Crippen LogP contribution is -2.59. The minimum Gasteiger partial charge on any atom is -0.456 e. The van der Waals surface area contributed by atoms with Gasteiger partial charge in [-0.05, 0) is 62.3 Å². The van der Waals surface area contributed by atoms with E-state index in [0.717, 1.165) is 6.42 Å². The molecule has 288 valence electrons. The highest BCUT2D eigenvalue weighted by Gasteiger charge is 2.57. The third-order valence-electron chi connectivity index (χ3n) is 10.8. The predicted molar refractivity (Wildman–Crippen MR) is 193 cm³/mol. The van der Waals surface area contributed by atoms with Crippen LogP contribution in [0.2, 0.25) is 0 Å². The molecule has 6 atom stereocenters. The number of esters is 1. The number of ether oxygens (including phenoxy) is 2. The van der Waals surface area contributed by atoms with Crippen LogP contribution >= 0.6 is 11.8 Å². The normalized spacial score (nSPS) is 25.4. The van der Waals surface area contributed by atoms with Crippen molar-refractivity contribution in [1.82, 2.24) is 14.7 Å². The molecular weight excluding hydrogens is 724 g/mol. The average Bonchev–Trinajstić information content (AvgIpc) is 3.84. The number of nitro groups is 2. The number of benzene rings is 2. The first-order chi connectivity index (χ1) is 25.6. The molecule has 1 N–H and O–H groups in total. The first kappa shape index (κ1) is 38.8. The number of likely N-dealkylation sites (tertiary alicyclic amines) is 2. The summed E-state index contributed by atoms with van der Waals surface area (Å²) in [4.78, 5) is 81.8. The van der Waals surface area contributed by atoms with Crippen molar-refractivity contribution >= 4 is 47.0 Å². The van der Waals surface area contributed by atoms with Crippen LogP contribution in [0.3, 0.4) is 0 Å². The van der Waals surface area contributed by atoms with Crippen molar-refractivity contribution < 1.29 is 48.1 Å². The molecule has 2 aromatic carbocycles. The number of rotatable bonds is 12. The Bertz CT molecular complexity index is 1900. The Morgan fingerprint density at radius 3 is 2.33 bits per heavy atom. The van der Waals surface area contributed by atoms with Crippen molar-refractivity contribution in [2.24, 2.45) is 0 Å². The number of thioether (sulfide) groups is 1. The van der Waals surface area contributed by atoms with Gasteiger partial charge in [-0.15, -0.1) is 11.8 Å². The van der Waals surface area contributed by atoms with Crippen molar-refractivity contribution in [2.75, 3.05) is 40.8 Å². The standard InChI is InChI=1S/C36H43N6O11S/c1-21(43)29-13-25(41(50)51)10-7-23(29)20-53-36(47)42(4)18-28(16-30(42)34(45)38-12-11-26(17-38)37(2)3)54-31-14-27-15-32(44)39(27)33(31)35(46)52-19-22-5-8-24(9-6-22)40(48)49/h5-10,13,21,26-28,30,43H,11-12,14-20H2,1-4H3/q+1/t21-,26+,27-,28+,30+,42-/m1/s1. The number of non-ortho nitro benzene ring substituents is 2. The molecule has 0 radical (unpaired) electrons. The zero-order valence-corrected chi connectivity index (χ0v) is 31.2. The fourth-order valence-electron chi connectivity index (χ4n) is 7.66. The Hall–Kier alpha value is -4.91. The maximum absolute atomic E-state index is 14.2. The zero-order chi connectivity index (χ0) is 39.1. The Labute approximate surface area is 315 Å². The zero-order valence-electron chi connectivity index (χ0n) is 30.4. The van der Waals surface area contributed by atoms with Gasteiger partial charge in [0.1, 0.15) is 25.5 Å². The lowest BCUT2D eigenvalue weighted by Gasteiger charge is -2.35. The molecule has 4 aliphatic rings. The summed E-state index contributed by atoms with van der Waals surface area (Å²) in [7, 11) is 5.56. The summed E-state index contributed by atoms with van der Waals surface area (Å²) >= 11 is 1.35. The minimum absolute atomic E-state index is 0.1000. The number of quaternary nitrogens is 1. The molecule has 0 bridgehead atoms. The highest BCUT2D eigenvalue weighted by atomic mass is 32.2. The number of β-lactam (4-membered cyclic amide) rings is 1. The van der Waals surface area contributed by atoms with Crippen LogP contribution in [0.1, 0.15) is 55.4 Å². The van der Waals surface area contributed by atoms with Crippen LogP contribution in [-0.4, -0.2) is 122 Å². The van der Waals surface area contributed by atoms with E-state index in [9.17, 15) is 44.5 Å². The van der Waals surface area contributed by atoms with E-state index in [-0.39, 0.29) is 84.4 Å². The van der Waals surface area contributed by atoms with Crippen LogP contribution in [0.25, 0.3) is 0 Å². The van der Waals surface area contributed by atoms with E-state index < -0.39 is 38.5 Å². The van der Waals surface area contributed by atoms with Crippen molar-refractivity contribution in [1.29, 1.82) is 0 Å². The molecule has 17 nitrogen and oxygen atoms in total. The van der Waals surface area contributed by atoms with Gasteiger partial charge in [0.25, 0.3) is 17.3 Å². The number of hydrogen-bond acceptors (Lipinski definition) is 13. The van der Waals surface area contributed by atoms with Crippen molar-refractivity contribution in [3.05, 3.63) is 90.0 Å². The molecule has 18 heteroatoms. The van der Waals surface area contributed by atoms with E-state index in [0.29, 0.717) is 35.5 Å². The molecule has 0 saturated carbocycles. The fraction of sp³-hybridized carbons (Fsp3) is 0.500. The van der Waals surface area contributed by atoms with Gasteiger partial charge in [0.2, 0.25) is 5.91 Å². The Morgan fingerprint density at radius 2 is 1.72 bits per heavy atom. The Morgan fingerprint density at radius 1 is 1.04 bits per heavy atom. The number of hydrogen-bond donors (Lipinski definition) is 1. The molecule has 3 saturated heterocycles. The summed E-state index contributed by atoms with van der Waals surface area (Å²) in [6.07, 6.45) is -0.00488. The lowest BCUT2D eigenvalue weighted by molar-refractivity contribution is -0.841. The van der Waals surface area contributed by atoms with Gasteiger partial charge >= 0.3 is 12.1 Å². The summed E-state index contributed by atoms with van der Waals surface area (Å²) in [5.41, 5.74) is 0.982. The second-order valence-electron chi connectivity index (χ2n) is 14.6. The van der Waals surface area contributed by atoms with Gasteiger partial charge in [-0.1, -0.05) is 0 Å². The van der Waals surface area contributed by atoms with E-state index in [2.05, 4.69) is 4.90 Å². The van der Waals surface area contributed by atoms with Gasteiger partial charge in [-0.2, -0.15) is 4.79 Å². The number of amides is 3. The monoisotopic (exact) mass is 767 g/mol. The van der Waals surface area contributed by atoms with E-state index in [4.69, 9.17) is 9.47 Å². The topological polar surface area (TPSA) is 203 Å². The highest BCUT2D eigenvalue weighted by Crippen LogP contribution is 2.47. The van der Waals surface area contributed by atoms with E-state index >= 15 is 0 Å². The Balaban J connectivity index is 1.23. The second-order valence-corrected chi connectivity index (χ2v) is 16.0. The lowest BCUT2D eigenvalue weighted by atomic mass is 10.0. The second kappa shape index (κ2) is 15.4. The number of carbonyl (C=O) groups is 4. The molecule has 0 aliphatic carbocycles. The van der Waals surface area contributed by atoms with Crippen LogP contribution in [0, 0.1) is 20.2 Å². The molecule has 6 rings (SSSR count). The van der Waals surface area contributed by atoms with Gasteiger partial charge in [0, 0.05) is 67.6 Å². The molecule has 3 fully saturated rings. The van der Waals surface area contributed by atoms with Crippen molar-refractivity contribution in [3.63, 3.8) is 0 Å². The van der Waals surface area contributed by atoms with E-state index in [1.165, 1.54) is 66.1 Å². The molecule has 2 aromatic rings. The quantitative estimate of drug-likeness (QED) is 0.108. The highest BCUT2D eigenvalue weighted by molar-refractivity contribution is 8.03. The largest absolute Gasteiger partial charge is 0.516 e. The number of carbonyl (C=O) groups excluding carboxylic acids is 4. The fourth-order valence-corrected chi connectivity index (χ4v) is 9.31. The first-order valence-corrected chi connectivity index (χ1v) is 18.5. The van der Waals surface area contributed by atoms with Gasteiger partial charge in [0.05, 0.1) is 34.3 Å². The number of aliphatic hydroxyl groups is 1. The summed E-state index contributed by atoms with van der Waals surface area (Å²) in [6, 6.07) is 8.69. The maximum Gasteiger partial charge on any atom is 0.516 e. The molecule has 4 heterocycles. The molecule has 4 aliphatic heterocycles. The van der Waals surface area contributed by atoms with Gasteiger partial charge in [-0.3, -0.25) is 29.8 Å². The first-order valence-electron chi connectivity index (χ1n) is 17.6. The van der Waals surface area contributed by atoms with Gasteiger partial charge < -0.3 is 29.3 Å². The average molecular weight is 768 g/mol. The van der Waals surface area contributed by atoms with Crippen LogP contribution < -0.4 is 0 Å². The van der Waals surface area contributed by atoms with Crippen LogP contribution in [-0.2, 0) is 37.1 Å². The third-order valence-corrected chi connectivity index (χ3v) is 12.1. The molecule has 0 aromatic heterocycles. The molecular formula is C36H43N6O11S+. The SMILES string of the molecule is C[C@@H](O)c1cc([N+](=O)[O-])ccc1COC(=O)[N@+]1(C)C[C@@H](SC2=C(C(=O)OCc3ccc([N+](=O)[O-])cc3)N3C(=O)C[C@H]3C2)C[C@H]1C(=O)N1CC[C@H](N(C)C)C1. The number of fused-ring (bicyclic) bond motifs is 1. The maximum atomic E-state index is 14.2. The van der Waals surface area contributed by atoms with Crippen LogP contribution in [0.15, 0.2) is 53.1 Å². The molecule has 0 unspecified atom stereocenters. The van der Waals surface area contributed by atoms with Crippen LogP contribution in [0.4, 0.5) is 16.2 Å².